The first-order chi connectivity index (χ1) is 8.75. The SMILES string of the molecule is O=C(O)c1occ2c1NC(c1ccccn1)CN2. The van der Waals surface area contributed by atoms with Gasteiger partial charge in [-0.15, -0.1) is 0 Å². The third-order valence-corrected chi connectivity index (χ3v) is 2.85. The van der Waals surface area contributed by atoms with Crippen LogP contribution in [0.2, 0.25) is 0 Å². The summed E-state index contributed by atoms with van der Waals surface area (Å²) in [6.07, 6.45) is 3.11. The zero-order chi connectivity index (χ0) is 12.5. The first-order valence-corrected chi connectivity index (χ1v) is 5.52. The molecule has 3 heterocycles. The molecule has 3 N–H and O–H groups in total. The van der Waals surface area contributed by atoms with E-state index in [9.17, 15) is 4.79 Å². The van der Waals surface area contributed by atoms with E-state index < -0.39 is 5.97 Å². The lowest BCUT2D eigenvalue weighted by Crippen LogP contribution is -2.26. The highest BCUT2D eigenvalue weighted by molar-refractivity contribution is 5.95. The number of carboxylic acids is 1. The fourth-order valence-corrected chi connectivity index (χ4v) is 1.99. The van der Waals surface area contributed by atoms with E-state index in [-0.39, 0.29) is 11.8 Å². The van der Waals surface area contributed by atoms with E-state index in [4.69, 9.17) is 9.52 Å². The highest BCUT2D eigenvalue weighted by Gasteiger charge is 2.27. The Morgan fingerprint density at radius 2 is 2.39 bits per heavy atom. The maximum Gasteiger partial charge on any atom is 0.374 e. The number of hydrogen-bond acceptors (Lipinski definition) is 5. The van der Waals surface area contributed by atoms with Crippen LogP contribution >= 0.6 is 0 Å². The van der Waals surface area contributed by atoms with E-state index in [2.05, 4.69) is 15.6 Å². The van der Waals surface area contributed by atoms with Crippen molar-refractivity contribution in [1.82, 2.24) is 4.98 Å². The lowest BCUT2D eigenvalue weighted by atomic mass is 10.1. The van der Waals surface area contributed by atoms with Crippen molar-refractivity contribution in [2.45, 2.75) is 6.04 Å². The van der Waals surface area contributed by atoms with Gasteiger partial charge < -0.3 is 20.2 Å². The summed E-state index contributed by atoms with van der Waals surface area (Å²) in [7, 11) is 0. The van der Waals surface area contributed by atoms with Gasteiger partial charge in [0.2, 0.25) is 5.76 Å². The summed E-state index contributed by atoms with van der Waals surface area (Å²) < 4.78 is 5.02. The molecule has 0 aromatic carbocycles. The van der Waals surface area contributed by atoms with Gasteiger partial charge in [-0.05, 0) is 12.1 Å². The summed E-state index contributed by atoms with van der Waals surface area (Å²) in [6.45, 7) is 0.628. The van der Waals surface area contributed by atoms with Crippen LogP contribution in [0.4, 0.5) is 11.4 Å². The van der Waals surface area contributed by atoms with Crippen LogP contribution in [0.15, 0.2) is 35.1 Å². The number of aromatic nitrogens is 1. The Balaban J connectivity index is 1.93. The van der Waals surface area contributed by atoms with Crippen LogP contribution < -0.4 is 10.6 Å². The van der Waals surface area contributed by atoms with Crippen LogP contribution in [-0.2, 0) is 0 Å². The van der Waals surface area contributed by atoms with E-state index >= 15 is 0 Å². The van der Waals surface area contributed by atoms with E-state index in [1.54, 1.807) is 6.20 Å². The molecule has 0 fully saturated rings. The first-order valence-electron chi connectivity index (χ1n) is 5.52. The number of carbonyl (C=O) groups is 1. The fraction of sp³-hybridized carbons (Fsp3) is 0.167. The number of aromatic carboxylic acids is 1. The lowest BCUT2D eigenvalue weighted by molar-refractivity contribution is 0.0664. The van der Waals surface area contributed by atoms with Crippen LogP contribution in [0.3, 0.4) is 0 Å². The zero-order valence-corrected chi connectivity index (χ0v) is 9.38. The number of nitrogens with one attached hydrogen (secondary N) is 2. The van der Waals surface area contributed by atoms with E-state index in [0.29, 0.717) is 17.9 Å². The standard InChI is InChI=1S/C12H11N3O3/c16-12(17)11-10-9(6-18-11)14-5-8(15-10)7-3-1-2-4-13-7/h1-4,6,8,14-15H,5H2,(H,16,17). The van der Waals surface area contributed by atoms with Crippen molar-refractivity contribution in [2.75, 3.05) is 17.2 Å². The minimum atomic E-state index is -1.09. The van der Waals surface area contributed by atoms with Gasteiger partial charge in [-0.2, -0.15) is 0 Å². The molecule has 0 saturated carbocycles. The van der Waals surface area contributed by atoms with Crippen molar-refractivity contribution in [1.29, 1.82) is 0 Å². The maximum absolute atomic E-state index is 11.0. The Bertz CT molecular complexity index is 580. The van der Waals surface area contributed by atoms with Crippen molar-refractivity contribution >= 4 is 17.3 Å². The molecule has 1 aliphatic heterocycles. The molecule has 2 aromatic heterocycles. The number of anilines is 2. The van der Waals surface area contributed by atoms with Crippen molar-refractivity contribution in [3.05, 3.63) is 42.1 Å². The second kappa shape index (κ2) is 4.06. The molecule has 1 atom stereocenters. The minimum absolute atomic E-state index is 0.0746. The van der Waals surface area contributed by atoms with Gasteiger partial charge in [0.15, 0.2) is 0 Å². The van der Waals surface area contributed by atoms with Gasteiger partial charge in [0, 0.05) is 12.7 Å². The van der Waals surface area contributed by atoms with Crippen LogP contribution in [0.1, 0.15) is 22.3 Å². The number of furan rings is 1. The molecule has 18 heavy (non-hydrogen) atoms. The molecule has 0 aliphatic carbocycles. The summed E-state index contributed by atoms with van der Waals surface area (Å²) in [4.78, 5) is 15.3. The number of rotatable bonds is 2. The van der Waals surface area contributed by atoms with Crippen LogP contribution in [0.5, 0.6) is 0 Å². The normalized spacial score (nSPS) is 17.4. The quantitative estimate of drug-likeness (QED) is 0.749. The summed E-state index contributed by atoms with van der Waals surface area (Å²) in [5, 5.41) is 15.3. The molecule has 2 aromatic rings. The molecule has 1 aliphatic rings. The molecule has 92 valence electrons. The van der Waals surface area contributed by atoms with Crippen molar-refractivity contribution in [3.8, 4) is 0 Å². The minimum Gasteiger partial charge on any atom is -0.475 e. The Morgan fingerprint density at radius 1 is 1.50 bits per heavy atom. The van der Waals surface area contributed by atoms with E-state index in [1.165, 1.54) is 6.26 Å². The highest BCUT2D eigenvalue weighted by Crippen LogP contribution is 2.35. The first kappa shape index (κ1) is 10.6. The van der Waals surface area contributed by atoms with Gasteiger partial charge in [0.1, 0.15) is 12.0 Å². The predicted molar refractivity (Wildman–Crippen MR) is 64.8 cm³/mol. The Kier molecular flexibility index (Phi) is 2.40. The third kappa shape index (κ3) is 1.67. The number of hydrogen-bond donors (Lipinski definition) is 3. The van der Waals surface area contributed by atoms with Crippen molar-refractivity contribution < 1.29 is 14.3 Å². The Morgan fingerprint density at radius 3 is 3.11 bits per heavy atom. The van der Waals surface area contributed by atoms with E-state index in [0.717, 1.165) is 5.69 Å². The second-order valence-corrected chi connectivity index (χ2v) is 3.99. The van der Waals surface area contributed by atoms with Crippen LogP contribution in [0, 0.1) is 0 Å². The van der Waals surface area contributed by atoms with E-state index in [1.807, 2.05) is 18.2 Å². The Hall–Kier alpha value is -2.50. The van der Waals surface area contributed by atoms with Gasteiger partial charge in [-0.25, -0.2) is 4.79 Å². The van der Waals surface area contributed by atoms with Gasteiger partial charge in [-0.3, -0.25) is 4.98 Å². The topological polar surface area (TPSA) is 87.4 Å². The fourth-order valence-electron chi connectivity index (χ4n) is 1.99. The van der Waals surface area contributed by atoms with Gasteiger partial charge in [0.05, 0.1) is 17.4 Å². The molecule has 1 unspecified atom stereocenters. The summed E-state index contributed by atoms with van der Waals surface area (Å²) >= 11 is 0. The molecule has 0 amide bonds. The molecule has 0 saturated heterocycles. The summed E-state index contributed by atoms with van der Waals surface area (Å²) in [5.41, 5.74) is 2.00. The maximum atomic E-state index is 11.0. The number of fused-ring (bicyclic) bond motifs is 1. The average Bonchev–Trinajstić information content (AvgIpc) is 2.82. The average molecular weight is 245 g/mol. The molecular weight excluding hydrogens is 234 g/mol. The van der Waals surface area contributed by atoms with Crippen LogP contribution in [0.25, 0.3) is 0 Å². The van der Waals surface area contributed by atoms with Crippen molar-refractivity contribution in [2.24, 2.45) is 0 Å². The molecule has 0 spiro atoms. The number of pyridine rings is 1. The molecule has 0 bridgehead atoms. The summed E-state index contributed by atoms with van der Waals surface area (Å²) in [5.74, 6) is -1.18. The smallest absolute Gasteiger partial charge is 0.374 e. The Labute approximate surface area is 103 Å². The monoisotopic (exact) mass is 245 g/mol. The second-order valence-electron chi connectivity index (χ2n) is 3.99. The zero-order valence-electron chi connectivity index (χ0n) is 9.38. The third-order valence-electron chi connectivity index (χ3n) is 2.85. The number of nitrogens with zero attached hydrogens (tertiary/aromatic N) is 1. The largest absolute Gasteiger partial charge is 0.475 e. The van der Waals surface area contributed by atoms with Gasteiger partial charge in [0.25, 0.3) is 0 Å². The van der Waals surface area contributed by atoms with Crippen LogP contribution in [-0.4, -0.2) is 22.6 Å². The predicted octanol–water partition coefficient (Wildman–Crippen LogP) is 1.95. The molecular formula is C12H11N3O3. The highest BCUT2D eigenvalue weighted by atomic mass is 16.4. The molecule has 0 radical (unpaired) electrons. The summed E-state index contributed by atoms with van der Waals surface area (Å²) in [6, 6.07) is 5.55. The molecule has 3 rings (SSSR count). The van der Waals surface area contributed by atoms with Gasteiger partial charge >= 0.3 is 5.97 Å². The lowest BCUT2D eigenvalue weighted by Gasteiger charge is -2.25. The molecule has 6 heteroatoms. The van der Waals surface area contributed by atoms with Crippen molar-refractivity contribution in [3.63, 3.8) is 0 Å². The molecule has 6 nitrogen and oxygen atoms in total. The number of carboxylic acid groups (broad SMARTS) is 1. The van der Waals surface area contributed by atoms with Gasteiger partial charge in [-0.1, -0.05) is 6.07 Å².